The number of amides is 1. The average Bonchev–Trinajstić information content (AvgIpc) is 2.60. The van der Waals surface area contributed by atoms with Crippen LogP contribution in [0.25, 0.3) is 0 Å². The number of carbonyl (C=O) groups is 1. The number of hydrogen-bond acceptors (Lipinski definition) is 2. The summed E-state index contributed by atoms with van der Waals surface area (Å²) in [7, 11) is 0. The molecule has 1 aliphatic heterocycles. The molecular formula is C12H10FNO2. The van der Waals surface area contributed by atoms with Crippen molar-refractivity contribution in [3.05, 3.63) is 24.0 Å². The Labute approximate surface area is 92.5 Å². The summed E-state index contributed by atoms with van der Waals surface area (Å²) in [6.07, 6.45) is 5.52. The molecule has 0 spiro atoms. The first-order valence-corrected chi connectivity index (χ1v) is 4.87. The molecule has 1 N–H and O–H groups in total. The Bertz CT molecular complexity index is 478. The third kappa shape index (κ3) is 1.72. The average molecular weight is 219 g/mol. The summed E-state index contributed by atoms with van der Waals surface area (Å²) >= 11 is 0. The van der Waals surface area contributed by atoms with Crippen LogP contribution in [0.5, 0.6) is 5.75 Å². The Morgan fingerprint density at radius 2 is 2.31 bits per heavy atom. The quantitative estimate of drug-likeness (QED) is 0.727. The van der Waals surface area contributed by atoms with Gasteiger partial charge in [0.25, 0.3) is 0 Å². The number of phenols is 1. The Balaban J connectivity index is 2.32. The maximum absolute atomic E-state index is 12.8. The van der Waals surface area contributed by atoms with Gasteiger partial charge < -0.3 is 10.0 Å². The number of carbonyl (C=O) groups excluding carboxylic acids is 1. The highest BCUT2D eigenvalue weighted by atomic mass is 19.1. The predicted octanol–water partition coefficient (Wildman–Crippen LogP) is 1.52. The maximum Gasteiger partial charge on any atom is 0.228 e. The smallest absolute Gasteiger partial charge is 0.228 e. The number of nitrogens with zero attached hydrogens (tertiary/aromatic N) is 1. The third-order valence-electron chi connectivity index (χ3n) is 2.59. The largest absolute Gasteiger partial charge is 0.506 e. The van der Waals surface area contributed by atoms with Crippen LogP contribution >= 0.6 is 0 Å². The van der Waals surface area contributed by atoms with E-state index in [9.17, 15) is 14.3 Å². The second-order valence-corrected chi connectivity index (χ2v) is 3.71. The fourth-order valence-electron chi connectivity index (χ4n) is 1.78. The second kappa shape index (κ2) is 3.86. The van der Waals surface area contributed by atoms with Gasteiger partial charge in [-0.05, 0) is 12.1 Å². The molecule has 1 aromatic rings. The maximum atomic E-state index is 12.8. The van der Waals surface area contributed by atoms with E-state index in [1.165, 1.54) is 17.0 Å². The van der Waals surface area contributed by atoms with E-state index in [1.807, 2.05) is 0 Å². The Morgan fingerprint density at radius 3 is 2.88 bits per heavy atom. The molecule has 1 amide bonds. The van der Waals surface area contributed by atoms with E-state index in [2.05, 4.69) is 5.92 Å². The summed E-state index contributed by atoms with van der Waals surface area (Å²) in [6.45, 7) is 0.370. The molecule has 16 heavy (non-hydrogen) atoms. The van der Waals surface area contributed by atoms with Gasteiger partial charge in [-0.2, -0.15) is 0 Å². The molecule has 0 bridgehead atoms. The Morgan fingerprint density at radius 1 is 1.56 bits per heavy atom. The van der Waals surface area contributed by atoms with E-state index in [1.54, 1.807) is 0 Å². The number of hydrogen-bond donors (Lipinski definition) is 1. The molecule has 1 atom stereocenters. The van der Waals surface area contributed by atoms with Gasteiger partial charge in [0, 0.05) is 24.9 Å². The summed E-state index contributed by atoms with van der Waals surface area (Å²) in [6, 6.07) is 3.55. The van der Waals surface area contributed by atoms with E-state index >= 15 is 0 Å². The molecule has 0 radical (unpaired) electrons. The van der Waals surface area contributed by atoms with Gasteiger partial charge in [0.1, 0.15) is 11.6 Å². The fourth-order valence-corrected chi connectivity index (χ4v) is 1.78. The molecule has 82 valence electrons. The highest BCUT2D eigenvalue weighted by molar-refractivity contribution is 5.97. The summed E-state index contributed by atoms with van der Waals surface area (Å²) in [5.41, 5.74) is 0.309. The van der Waals surface area contributed by atoms with Gasteiger partial charge in [0.15, 0.2) is 0 Å². The van der Waals surface area contributed by atoms with Gasteiger partial charge in [-0.15, -0.1) is 12.3 Å². The van der Waals surface area contributed by atoms with Crippen LogP contribution in [-0.4, -0.2) is 17.6 Å². The zero-order valence-corrected chi connectivity index (χ0v) is 8.48. The zero-order valence-electron chi connectivity index (χ0n) is 8.48. The van der Waals surface area contributed by atoms with Crippen molar-refractivity contribution < 1.29 is 14.3 Å². The molecular weight excluding hydrogens is 209 g/mol. The normalized spacial score (nSPS) is 19.9. The molecule has 0 aromatic heterocycles. The SMILES string of the molecule is C#CC1CC(=O)N(c2ccc(F)cc2O)C1. The molecule has 0 saturated carbocycles. The summed E-state index contributed by atoms with van der Waals surface area (Å²) in [5, 5.41) is 9.54. The number of halogens is 1. The first kappa shape index (κ1) is 10.5. The first-order valence-electron chi connectivity index (χ1n) is 4.87. The Kier molecular flexibility index (Phi) is 2.53. The van der Waals surface area contributed by atoms with Crippen molar-refractivity contribution in [2.45, 2.75) is 6.42 Å². The first-order chi connectivity index (χ1) is 7.61. The summed E-state index contributed by atoms with van der Waals surface area (Å²) < 4.78 is 12.8. The van der Waals surface area contributed by atoms with Crippen LogP contribution in [0.3, 0.4) is 0 Å². The van der Waals surface area contributed by atoms with E-state index < -0.39 is 5.82 Å². The van der Waals surface area contributed by atoms with E-state index in [0.29, 0.717) is 12.2 Å². The van der Waals surface area contributed by atoms with E-state index in [4.69, 9.17) is 6.42 Å². The van der Waals surface area contributed by atoms with Gasteiger partial charge in [-0.1, -0.05) is 0 Å². The topological polar surface area (TPSA) is 40.5 Å². The predicted molar refractivity (Wildman–Crippen MR) is 57.4 cm³/mol. The minimum atomic E-state index is -0.540. The standard InChI is InChI=1S/C12H10FNO2/c1-2-8-5-12(16)14(7-8)10-4-3-9(13)6-11(10)15/h1,3-4,6,8,15H,5,7H2. The molecule has 2 rings (SSSR count). The molecule has 1 heterocycles. The molecule has 1 aliphatic rings. The molecule has 1 unspecified atom stereocenters. The number of rotatable bonds is 1. The summed E-state index contributed by atoms with van der Waals surface area (Å²) in [4.78, 5) is 13.0. The van der Waals surface area contributed by atoms with Crippen molar-refractivity contribution >= 4 is 11.6 Å². The molecule has 1 aromatic carbocycles. The lowest BCUT2D eigenvalue weighted by molar-refractivity contribution is -0.117. The molecule has 1 fully saturated rings. The fraction of sp³-hybridized carbons (Fsp3) is 0.250. The summed E-state index contributed by atoms with van der Waals surface area (Å²) in [5.74, 6) is 1.43. The van der Waals surface area contributed by atoms with Gasteiger partial charge in [-0.25, -0.2) is 4.39 Å². The highest BCUT2D eigenvalue weighted by Gasteiger charge is 2.30. The third-order valence-corrected chi connectivity index (χ3v) is 2.59. The van der Waals surface area contributed by atoms with Crippen LogP contribution in [0.15, 0.2) is 18.2 Å². The highest BCUT2D eigenvalue weighted by Crippen LogP contribution is 2.32. The lowest BCUT2D eigenvalue weighted by Gasteiger charge is -2.17. The van der Waals surface area contributed by atoms with Crippen molar-refractivity contribution in [3.63, 3.8) is 0 Å². The van der Waals surface area contributed by atoms with Crippen molar-refractivity contribution in [1.82, 2.24) is 0 Å². The van der Waals surface area contributed by atoms with Crippen molar-refractivity contribution in [2.75, 3.05) is 11.4 Å². The van der Waals surface area contributed by atoms with Crippen LogP contribution in [0.4, 0.5) is 10.1 Å². The monoisotopic (exact) mass is 219 g/mol. The number of benzene rings is 1. The van der Waals surface area contributed by atoms with E-state index in [0.717, 1.165) is 6.07 Å². The molecule has 1 saturated heterocycles. The Hall–Kier alpha value is -2.02. The van der Waals surface area contributed by atoms with Crippen molar-refractivity contribution in [1.29, 1.82) is 0 Å². The van der Waals surface area contributed by atoms with Crippen molar-refractivity contribution in [3.8, 4) is 18.1 Å². The van der Waals surface area contributed by atoms with Gasteiger partial charge in [0.05, 0.1) is 5.69 Å². The van der Waals surface area contributed by atoms with Crippen LogP contribution in [0.2, 0.25) is 0 Å². The number of aromatic hydroxyl groups is 1. The van der Waals surface area contributed by atoms with Gasteiger partial charge >= 0.3 is 0 Å². The molecule has 0 aliphatic carbocycles. The molecule has 4 heteroatoms. The zero-order chi connectivity index (χ0) is 11.7. The number of anilines is 1. The minimum absolute atomic E-state index is 0.142. The lowest BCUT2D eigenvalue weighted by Crippen LogP contribution is -2.24. The van der Waals surface area contributed by atoms with E-state index in [-0.39, 0.29) is 24.0 Å². The van der Waals surface area contributed by atoms with Crippen LogP contribution in [0, 0.1) is 24.1 Å². The van der Waals surface area contributed by atoms with Gasteiger partial charge in [-0.3, -0.25) is 4.79 Å². The minimum Gasteiger partial charge on any atom is -0.506 e. The number of terminal acetylenes is 1. The second-order valence-electron chi connectivity index (χ2n) is 3.71. The lowest BCUT2D eigenvalue weighted by atomic mass is 10.1. The van der Waals surface area contributed by atoms with Gasteiger partial charge in [0.2, 0.25) is 5.91 Å². The van der Waals surface area contributed by atoms with Crippen molar-refractivity contribution in [2.24, 2.45) is 5.92 Å². The molecule has 3 nitrogen and oxygen atoms in total. The van der Waals surface area contributed by atoms with Crippen LogP contribution in [-0.2, 0) is 4.79 Å². The van der Waals surface area contributed by atoms with Crippen LogP contribution < -0.4 is 4.90 Å². The van der Waals surface area contributed by atoms with Crippen LogP contribution in [0.1, 0.15) is 6.42 Å². The number of phenolic OH excluding ortho intramolecular Hbond substituents is 1.